The van der Waals surface area contributed by atoms with E-state index in [1.165, 1.54) is 35.4 Å². The summed E-state index contributed by atoms with van der Waals surface area (Å²) in [5.74, 6) is -0.247. The number of nitrogens with one attached hydrogen (secondary N) is 1. The highest BCUT2D eigenvalue weighted by Crippen LogP contribution is 2.39. The van der Waals surface area contributed by atoms with Crippen molar-refractivity contribution in [1.29, 1.82) is 0 Å². The van der Waals surface area contributed by atoms with Gasteiger partial charge in [-0.1, -0.05) is 12.1 Å². The van der Waals surface area contributed by atoms with Gasteiger partial charge in [0.2, 0.25) is 10.0 Å². The molecule has 8 heteroatoms. The number of rotatable bonds is 6. The monoisotopic (exact) mass is 459 g/mol. The van der Waals surface area contributed by atoms with E-state index in [0.29, 0.717) is 4.90 Å². The molecular weight excluding hydrogens is 433 g/mol. The van der Waals surface area contributed by atoms with Gasteiger partial charge in [0.1, 0.15) is 10.8 Å². The molecule has 164 valence electrons. The number of fused-ring (bicyclic) bond motifs is 1. The van der Waals surface area contributed by atoms with E-state index >= 15 is 0 Å². The third kappa shape index (κ3) is 4.57. The van der Waals surface area contributed by atoms with Gasteiger partial charge < -0.3 is 5.32 Å². The van der Waals surface area contributed by atoms with E-state index in [2.05, 4.69) is 12.2 Å². The average molecular weight is 460 g/mol. The Morgan fingerprint density at radius 3 is 2.45 bits per heavy atom. The van der Waals surface area contributed by atoms with Crippen LogP contribution in [0.3, 0.4) is 0 Å². The van der Waals surface area contributed by atoms with Crippen molar-refractivity contribution in [1.82, 2.24) is 14.6 Å². The molecule has 0 aliphatic heterocycles. The lowest BCUT2D eigenvalue weighted by Gasteiger charge is -2.26. The normalized spacial score (nSPS) is 17.5. The fourth-order valence-electron chi connectivity index (χ4n) is 3.83. The van der Waals surface area contributed by atoms with Gasteiger partial charge in [-0.05, 0) is 68.1 Å². The quantitative estimate of drug-likeness (QED) is 0.568. The Balaban J connectivity index is 1.52. The molecular formula is C23H26FN3O2S2. The minimum atomic E-state index is -3.43. The second-order valence-corrected chi connectivity index (χ2v) is 11.2. The molecule has 4 rings (SSSR count). The standard InChI is InChI=1S/C23H26FN3O2S2/c1-15(16-9-13-19(14-10-16)31(28,29)27(2)3)25-20-5-4-6-21-22(20)30-23(26-21)17-7-11-18(24)12-8-17/h7-15,20,25H,4-6H2,1-3H3. The van der Waals surface area contributed by atoms with Crippen molar-refractivity contribution in [2.24, 2.45) is 0 Å². The van der Waals surface area contributed by atoms with E-state index in [9.17, 15) is 12.8 Å². The molecule has 1 N–H and O–H groups in total. The number of aromatic nitrogens is 1. The van der Waals surface area contributed by atoms with Gasteiger partial charge in [-0.25, -0.2) is 22.1 Å². The van der Waals surface area contributed by atoms with E-state index in [0.717, 1.165) is 41.1 Å². The van der Waals surface area contributed by atoms with Crippen LogP contribution in [0.25, 0.3) is 10.6 Å². The molecule has 3 aromatic rings. The predicted octanol–water partition coefficient (Wildman–Crippen LogP) is 4.93. The molecule has 1 aromatic heterocycles. The van der Waals surface area contributed by atoms with Crippen molar-refractivity contribution < 1.29 is 12.8 Å². The molecule has 2 atom stereocenters. The zero-order chi connectivity index (χ0) is 22.2. The molecule has 0 spiro atoms. The number of aryl methyl sites for hydroxylation is 1. The first-order chi connectivity index (χ1) is 14.8. The summed E-state index contributed by atoms with van der Waals surface area (Å²) in [6, 6.07) is 13.8. The largest absolute Gasteiger partial charge is 0.303 e. The summed E-state index contributed by atoms with van der Waals surface area (Å²) >= 11 is 1.67. The summed E-state index contributed by atoms with van der Waals surface area (Å²) in [6.07, 6.45) is 3.04. The number of halogens is 1. The third-order valence-electron chi connectivity index (χ3n) is 5.65. The maximum atomic E-state index is 13.3. The highest BCUT2D eigenvalue weighted by molar-refractivity contribution is 7.89. The number of sulfonamides is 1. The zero-order valence-corrected chi connectivity index (χ0v) is 19.4. The molecule has 1 aliphatic rings. The number of thiazole rings is 1. The predicted molar refractivity (Wildman–Crippen MR) is 122 cm³/mol. The Kier molecular flexibility index (Phi) is 6.25. The van der Waals surface area contributed by atoms with Crippen LogP contribution in [-0.2, 0) is 16.4 Å². The molecule has 0 bridgehead atoms. The highest BCUT2D eigenvalue weighted by atomic mass is 32.2. The SMILES string of the molecule is CC(NC1CCCc2nc(-c3ccc(F)cc3)sc21)c1ccc(S(=O)(=O)N(C)C)cc1. The van der Waals surface area contributed by atoms with Crippen molar-refractivity contribution in [2.45, 2.75) is 43.2 Å². The van der Waals surface area contributed by atoms with Crippen LogP contribution in [0.15, 0.2) is 53.4 Å². The summed E-state index contributed by atoms with van der Waals surface area (Å²) in [6.45, 7) is 2.09. The van der Waals surface area contributed by atoms with Crippen LogP contribution >= 0.6 is 11.3 Å². The van der Waals surface area contributed by atoms with Gasteiger partial charge >= 0.3 is 0 Å². The number of hydrogen-bond donors (Lipinski definition) is 1. The van der Waals surface area contributed by atoms with Crippen molar-refractivity contribution in [3.8, 4) is 10.6 Å². The van der Waals surface area contributed by atoms with E-state index < -0.39 is 10.0 Å². The van der Waals surface area contributed by atoms with Crippen molar-refractivity contribution in [3.63, 3.8) is 0 Å². The molecule has 2 unspecified atom stereocenters. The maximum absolute atomic E-state index is 13.3. The molecule has 5 nitrogen and oxygen atoms in total. The summed E-state index contributed by atoms with van der Waals surface area (Å²) < 4.78 is 39.1. The molecule has 1 aliphatic carbocycles. The van der Waals surface area contributed by atoms with Crippen LogP contribution in [0.1, 0.15) is 48.0 Å². The lowest BCUT2D eigenvalue weighted by molar-refractivity contribution is 0.419. The first kappa shape index (κ1) is 22.1. The summed E-state index contributed by atoms with van der Waals surface area (Å²) in [4.78, 5) is 6.35. The van der Waals surface area contributed by atoms with E-state index in [4.69, 9.17) is 4.98 Å². The summed E-state index contributed by atoms with van der Waals surface area (Å²) in [5, 5.41) is 4.62. The minimum absolute atomic E-state index is 0.0587. The van der Waals surface area contributed by atoms with Gasteiger partial charge in [0, 0.05) is 36.6 Å². The van der Waals surface area contributed by atoms with Crippen molar-refractivity contribution >= 4 is 21.4 Å². The molecule has 1 heterocycles. The lowest BCUT2D eigenvalue weighted by atomic mass is 9.96. The summed E-state index contributed by atoms with van der Waals surface area (Å²) in [5.41, 5.74) is 3.09. The van der Waals surface area contributed by atoms with E-state index in [1.54, 1.807) is 35.6 Å². The topological polar surface area (TPSA) is 62.3 Å². The van der Waals surface area contributed by atoms with Crippen molar-refractivity contribution in [3.05, 3.63) is 70.5 Å². The summed E-state index contributed by atoms with van der Waals surface area (Å²) in [7, 11) is -0.368. The lowest BCUT2D eigenvalue weighted by Crippen LogP contribution is -2.27. The molecule has 0 saturated heterocycles. The van der Waals surface area contributed by atoms with Crippen LogP contribution < -0.4 is 5.32 Å². The van der Waals surface area contributed by atoms with Crippen LogP contribution in [0.2, 0.25) is 0 Å². The Morgan fingerprint density at radius 1 is 1.13 bits per heavy atom. The molecule has 0 saturated carbocycles. The first-order valence-electron chi connectivity index (χ1n) is 10.3. The van der Waals surface area contributed by atoms with Gasteiger partial charge in [-0.3, -0.25) is 0 Å². The zero-order valence-electron chi connectivity index (χ0n) is 17.8. The number of benzene rings is 2. The Morgan fingerprint density at radius 2 is 1.81 bits per heavy atom. The Bertz CT molecular complexity index is 1160. The van der Waals surface area contributed by atoms with E-state index in [-0.39, 0.29) is 17.9 Å². The van der Waals surface area contributed by atoms with Crippen LogP contribution in [-0.4, -0.2) is 31.8 Å². The van der Waals surface area contributed by atoms with Gasteiger partial charge in [0.05, 0.1) is 10.6 Å². The van der Waals surface area contributed by atoms with Gasteiger partial charge in [0.25, 0.3) is 0 Å². The smallest absolute Gasteiger partial charge is 0.242 e. The molecule has 0 fully saturated rings. The highest BCUT2D eigenvalue weighted by Gasteiger charge is 2.26. The molecule has 0 amide bonds. The maximum Gasteiger partial charge on any atom is 0.242 e. The van der Waals surface area contributed by atoms with Gasteiger partial charge in [-0.2, -0.15) is 0 Å². The fraction of sp³-hybridized carbons (Fsp3) is 0.348. The second-order valence-electron chi connectivity index (χ2n) is 8.03. The molecule has 2 aromatic carbocycles. The van der Waals surface area contributed by atoms with Gasteiger partial charge in [-0.15, -0.1) is 11.3 Å². The fourth-order valence-corrected chi connectivity index (χ4v) is 5.95. The Labute approximate surface area is 187 Å². The van der Waals surface area contributed by atoms with Crippen LogP contribution in [0.4, 0.5) is 4.39 Å². The van der Waals surface area contributed by atoms with Crippen LogP contribution in [0.5, 0.6) is 0 Å². The van der Waals surface area contributed by atoms with Crippen molar-refractivity contribution in [2.75, 3.05) is 14.1 Å². The molecule has 31 heavy (non-hydrogen) atoms. The second kappa shape index (κ2) is 8.78. The Hall–Kier alpha value is -2.13. The van der Waals surface area contributed by atoms with E-state index in [1.807, 2.05) is 12.1 Å². The van der Waals surface area contributed by atoms with Gasteiger partial charge in [0.15, 0.2) is 0 Å². The average Bonchev–Trinajstić information content (AvgIpc) is 3.19. The number of nitrogens with zero attached hydrogens (tertiary/aromatic N) is 2. The minimum Gasteiger partial charge on any atom is -0.303 e. The molecule has 0 radical (unpaired) electrons. The first-order valence-corrected chi connectivity index (χ1v) is 12.6. The van der Waals surface area contributed by atoms with Crippen LogP contribution in [0, 0.1) is 5.82 Å². The third-order valence-corrected chi connectivity index (χ3v) is 8.74. The number of hydrogen-bond acceptors (Lipinski definition) is 5.